The quantitative estimate of drug-likeness (QED) is 0.501. The van der Waals surface area contributed by atoms with Gasteiger partial charge in [-0.2, -0.15) is 0 Å². The van der Waals surface area contributed by atoms with Gasteiger partial charge in [0.1, 0.15) is 0 Å². The van der Waals surface area contributed by atoms with Crippen molar-refractivity contribution in [2.45, 2.75) is 96.2 Å². The van der Waals surface area contributed by atoms with Gasteiger partial charge in [0.25, 0.3) is 0 Å². The maximum atomic E-state index is 12.6. The Labute approximate surface area is 179 Å². The molecule has 5 heteroatoms. The van der Waals surface area contributed by atoms with Crippen molar-refractivity contribution >= 4 is 5.97 Å². The second-order valence-corrected chi connectivity index (χ2v) is 11.7. The lowest BCUT2D eigenvalue weighted by molar-refractivity contribution is -0.199. The molecule has 2 N–H and O–H groups in total. The van der Waals surface area contributed by atoms with Crippen molar-refractivity contribution < 1.29 is 24.5 Å². The summed E-state index contributed by atoms with van der Waals surface area (Å²) in [7, 11) is 0. The maximum absolute atomic E-state index is 12.6. The number of hydrogen-bond acceptors (Lipinski definition) is 5. The number of esters is 1. The third-order valence-electron chi connectivity index (χ3n) is 9.23. The summed E-state index contributed by atoms with van der Waals surface area (Å²) in [5.41, 5.74) is 0.575. The van der Waals surface area contributed by atoms with E-state index in [0.29, 0.717) is 11.5 Å². The Kier molecular flexibility index (Phi) is 4.28. The van der Waals surface area contributed by atoms with Gasteiger partial charge in [-0.05, 0) is 70.1 Å². The molecule has 0 radical (unpaired) electrons. The molecule has 166 valence electrons. The fraction of sp³-hybridized carbons (Fsp3) is 0.800. The minimum atomic E-state index is -1.57. The Morgan fingerprint density at radius 2 is 1.97 bits per heavy atom. The first-order valence-corrected chi connectivity index (χ1v) is 11.6. The van der Waals surface area contributed by atoms with Crippen LogP contribution in [0, 0.1) is 29.1 Å². The lowest BCUT2D eigenvalue weighted by atomic mass is 9.62. The SMILES string of the molecule is CC(C)=C[C@H]1C[C@H](C)[C@]2(CC[C@]3(C)C[C@H]4[C@@H]5/C(=C\C[C@H]32)C(=O)O[C@@]5(O)C[C@@]4(C)O)O1. The van der Waals surface area contributed by atoms with Crippen molar-refractivity contribution in [3.05, 3.63) is 23.3 Å². The number of carbonyl (C=O) groups excluding carboxylic acids is 1. The van der Waals surface area contributed by atoms with Crippen LogP contribution in [-0.4, -0.2) is 39.3 Å². The first-order chi connectivity index (χ1) is 13.9. The van der Waals surface area contributed by atoms with E-state index in [2.05, 4.69) is 33.8 Å². The van der Waals surface area contributed by atoms with Crippen LogP contribution in [0.25, 0.3) is 0 Å². The third-order valence-corrected chi connectivity index (χ3v) is 9.23. The van der Waals surface area contributed by atoms with Gasteiger partial charge in [0, 0.05) is 17.9 Å². The molecule has 5 aliphatic rings. The number of fused-ring (bicyclic) bond motifs is 2. The van der Waals surface area contributed by atoms with Crippen LogP contribution in [-0.2, 0) is 14.3 Å². The highest BCUT2D eigenvalue weighted by Crippen LogP contribution is 2.66. The van der Waals surface area contributed by atoms with Crippen molar-refractivity contribution in [1.82, 2.24) is 0 Å². The van der Waals surface area contributed by atoms with E-state index in [4.69, 9.17) is 9.47 Å². The van der Waals surface area contributed by atoms with Gasteiger partial charge >= 0.3 is 5.97 Å². The van der Waals surface area contributed by atoms with Gasteiger partial charge in [-0.1, -0.05) is 31.6 Å². The average Bonchev–Trinajstić information content (AvgIpc) is 3.17. The molecule has 0 aromatic carbocycles. The summed E-state index contributed by atoms with van der Waals surface area (Å²) in [6, 6.07) is 0. The van der Waals surface area contributed by atoms with Gasteiger partial charge in [-0.25, -0.2) is 4.79 Å². The normalized spacial score (nSPS) is 56.0. The van der Waals surface area contributed by atoms with Gasteiger partial charge < -0.3 is 19.7 Å². The Balaban J connectivity index is 1.56. The molecule has 0 amide bonds. The van der Waals surface area contributed by atoms with Gasteiger partial charge in [0.15, 0.2) is 0 Å². The zero-order valence-corrected chi connectivity index (χ0v) is 18.9. The summed E-state index contributed by atoms with van der Waals surface area (Å²) in [6.45, 7) is 10.7. The van der Waals surface area contributed by atoms with E-state index in [1.54, 1.807) is 6.92 Å². The van der Waals surface area contributed by atoms with Gasteiger partial charge in [-0.3, -0.25) is 0 Å². The van der Waals surface area contributed by atoms with Crippen LogP contribution < -0.4 is 0 Å². The molecule has 2 saturated carbocycles. The molecule has 5 rings (SSSR count). The fourth-order valence-electron chi connectivity index (χ4n) is 7.97. The third kappa shape index (κ3) is 2.67. The molecule has 30 heavy (non-hydrogen) atoms. The molecule has 2 saturated heterocycles. The lowest BCUT2D eigenvalue weighted by Gasteiger charge is -2.45. The van der Waals surface area contributed by atoms with E-state index in [1.165, 1.54) is 5.57 Å². The van der Waals surface area contributed by atoms with E-state index in [1.807, 2.05) is 6.08 Å². The zero-order chi connectivity index (χ0) is 21.7. The molecule has 0 aromatic rings. The number of allylic oxidation sites excluding steroid dienone is 2. The summed E-state index contributed by atoms with van der Waals surface area (Å²) in [6.07, 6.45) is 9.10. The molecule has 0 bridgehead atoms. The lowest BCUT2D eigenvalue weighted by Crippen LogP contribution is -2.46. The molecule has 9 atom stereocenters. The first-order valence-electron chi connectivity index (χ1n) is 11.6. The van der Waals surface area contributed by atoms with Crippen LogP contribution >= 0.6 is 0 Å². The number of hydrogen-bond donors (Lipinski definition) is 2. The van der Waals surface area contributed by atoms with Gasteiger partial charge in [0.05, 0.1) is 23.2 Å². The second-order valence-electron chi connectivity index (χ2n) is 11.7. The molecule has 3 aliphatic carbocycles. The minimum Gasteiger partial charge on any atom is -0.429 e. The van der Waals surface area contributed by atoms with E-state index in [9.17, 15) is 15.0 Å². The van der Waals surface area contributed by atoms with E-state index < -0.39 is 23.3 Å². The van der Waals surface area contributed by atoms with Crippen LogP contribution in [0.5, 0.6) is 0 Å². The van der Waals surface area contributed by atoms with E-state index in [-0.39, 0.29) is 35.4 Å². The number of aliphatic hydroxyl groups is 2. The van der Waals surface area contributed by atoms with Gasteiger partial charge in [0.2, 0.25) is 5.79 Å². The topological polar surface area (TPSA) is 76.0 Å². The van der Waals surface area contributed by atoms with Crippen LogP contribution in [0.1, 0.15) is 73.1 Å². The zero-order valence-electron chi connectivity index (χ0n) is 18.9. The molecule has 4 fully saturated rings. The summed E-state index contributed by atoms with van der Waals surface area (Å²) in [5, 5.41) is 22.3. The van der Waals surface area contributed by atoms with E-state index in [0.717, 1.165) is 32.1 Å². The molecular weight excluding hydrogens is 380 g/mol. The minimum absolute atomic E-state index is 0.0122. The molecule has 1 spiro atoms. The molecule has 2 aliphatic heterocycles. The predicted octanol–water partition coefficient (Wildman–Crippen LogP) is 3.89. The van der Waals surface area contributed by atoms with Crippen LogP contribution in [0.3, 0.4) is 0 Å². The summed E-state index contributed by atoms with van der Waals surface area (Å²) < 4.78 is 12.3. The smallest absolute Gasteiger partial charge is 0.336 e. The van der Waals surface area contributed by atoms with Crippen LogP contribution in [0.15, 0.2) is 23.3 Å². The predicted molar refractivity (Wildman–Crippen MR) is 112 cm³/mol. The average molecular weight is 417 g/mol. The first kappa shape index (κ1) is 20.7. The summed E-state index contributed by atoms with van der Waals surface area (Å²) in [4.78, 5) is 12.6. The number of rotatable bonds is 1. The van der Waals surface area contributed by atoms with Crippen molar-refractivity contribution in [2.24, 2.45) is 29.1 Å². The Bertz CT molecular complexity index is 838. The highest BCUT2D eigenvalue weighted by atomic mass is 16.7. The molecular formula is C25H36O5. The summed E-state index contributed by atoms with van der Waals surface area (Å²) >= 11 is 0. The maximum Gasteiger partial charge on any atom is 0.336 e. The number of ether oxygens (including phenoxy) is 2. The summed E-state index contributed by atoms with van der Waals surface area (Å²) in [5.74, 6) is -1.90. The highest BCUT2D eigenvalue weighted by Gasteiger charge is 2.70. The van der Waals surface area contributed by atoms with Crippen molar-refractivity contribution in [3.8, 4) is 0 Å². The number of carbonyl (C=O) groups is 1. The van der Waals surface area contributed by atoms with Crippen molar-refractivity contribution in [2.75, 3.05) is 0 Å². The Morgan fingerprint density at radius 3 is 2.67 bits per heavy atom. The van der Waals surface area contributed by atoms with Crippen molar-refractivity contribution in [1.29, 1.82) is 0 Å². The molecule has 0 unspecified atom stereocenters. The van der Waals surface area contributed by atoms with Crippen molar-refractivity contribution in [3.63, 3.8) is 0 Å². The Hall–Kier alpha value is -1.17. The van der Waals surface area contributed by atoms with Crippen LogP contribution in [0.2, 0.25) is 0 Å². The van der Waals surface area contributed by atoms with E-state index >= 15 is 0 Å². The largest absolute Gasteiger partial charge is 0.429 e. The molecule has 5 nitrogen and oxygen atoms in total. The molecule has 2 heterocycles. The Morgan fingerprint density at radius 1 is 1.23 bits per heavy atom. The highest BCUT2D eigenvalue weighted by molar-refractivity contribution is 5.92. The monoisotopic (exact) mass is 416 g/mol. The second kappa shape index (κ2) is 6.20. The van der Waals surface area contributed by atoms with Crippen LogP contribution in [0.4, 0.5) is 0 Å². The molecule has 0 aromatic heterocycles. The fourth-order valence-corrected chi connectivity index (χ4v) is 7.97. The van der Waals surface area contributed by atoms with Gasteiger partial charge in [-0.15, -0.1) is 0 Å². The standard InChI is InChI=1S/C25H36O5/c1-14(2)10-16-11-15(3)24(29-16)9-8-22(4)12-18-20-17(6-7-19(22)24)21(26)30-25(20,28)13-23(18,5)27/h6,10,15-16,18-20,27-28H,7-9,11-13H2,1-5H3/b17-6+/t15-,16-,18-,19+,20-,22+,23+,24-,25-/m0/s1.